The minimum atomic E-state index is 0.489. The molecular weight excluding hydrogens is 408 g/mol. The quantitative estimate of drug-likeness (QED) is 0.655. The topological polar surface area (TPSA) is 65.6 Å². The Bertz CT molecular complexity index is 884. The van der Waals surface area contributed by atoms with Crippen molar-refractivity contribution < 1.29 is 4.74 Å². The van der Waals surface area contributed by atoms with Crippen molar-refractivity contribution in [3.63, 3.8) is 0 Å². The first-order valence-electron chi connectivity index (χ1n) is 11.2. The number of rotatable bonds is 6. The first kappa shape index (κ1) is 21.6. The van der Waals surface area contributed by atoms with Crippen molar-refractivity contribution in [1.29, 1.82) is 0 Å². The molecule has 0 radical (unpaired) electrons. The monoisotopic (exact) mass is 440 g/mol. The van der Waals surface area contributed by atoms with Crippen LogP contribution < -0.4 is 25.2 Å². The van der Waals surface area contributed by atoms with Gasteiger partial charge in [0.1, 0.15) is 17.4 Å². The fourth-order valence-corrected chi connectivity index (χ4v) is 4.41. The maximum Gasteiger partial charge on any atom is 0.232 e. The molecule has 8 heteroatoms. The number of hydrogen-bond donors (Lipinski definition) is 2. The molecule has 31 heavy (non-hydrogen) atoms. The van der Waals surface area contributed by atoms with Crippen molar-refractivity contribution in [2.45, 2.75) is 51.6 Å². The van der Waals surface area contributed by atoms with Gasteiger partial charge in [0, 0.05) is 38.3 Å². The number of aromatic nitrogens is 2. The van der Waals surface area contributed by atoms with Crippen LogP contribution in [0.25, 0.3) is 0 Å². The standard InChI is InChI=1S/C23H32N6OS/c1-17-7-3-4-14-29(17)21-15-20(28-12-5-6-13-28)25-22(26-21)27-23(31)24-16-18-8-10-19(30-2)11-9-18/h8-11,15,17H,3-7,12-14,16H2,1-2H3,(H2,24,25,26,27,31)/t17-/m1/s1. The molecule has 2 aliphatic heterocycles. The van der Waals surface area contributed by atoms with Gasteiger partial charge in [-0.25, -0.2) is 0 Å². The summed E-state index contributed by atoms with van der Waals surface area (Å²) >= 11 is 5.53. The minimum Gasteiger partial charge on any atom is -0.497 e. The molecule has 2 aliphatic rings. The molecular formula is C23H32N6OS. The largest absolute Gasteiger partial charge is 0.497 e. The molecule has 3 heterocycles. The van der Waals surface area contributed by atoms with E-state index in [0.717, 1.165) is 42.6 Å². The average Bonchev–Trinajstić information content (AvgIpc) is 3.33. The van der Waals surface area contributed by atoms with E-state index in [1.54, 1.807) is 7.11 Å². The third-order valence-corrected chi connectivity index (χ3v) is 6.31. The molecule has 0 aliphatic carbocycles. The van der Waals surface area contributed by atoms with Gasteiger partial charge < -0.3 is 25.2 Å². The van der Waals surface area contributed by atoms with Crippen molar-refractivity contribution in [1.82, 2.24) is 15.3 Å². The summed E-state index contributed by atoms with van der Waals surface area (Å²) in [4.78, 5) is 14.4. The molecule has 2 saturated heterocycles. The number of nitrogens with zero attached hydrogens (tertiary/aromatic N) is 4. The summed E-state index contributed by atoms with van der Waals surface area (Å²) in [5.74, 6) is 3.38. The fraction of sp³-hybridized carbons (Fsp3) is 0.522. The predicted molar refractivity (Wildman–Crippen MR) is 130 cm³/mol. The molecule has 4 rings (SSSR count). The van der Waals surface area contributed by atoms with E-state index >= 15 is 0 Å². The summed E-state index contributed by atoms with van der Waals surface area (Å²) in [7, 11) is 1.67. The highest BCUT2D eigenvalue weighted by molar-refractivity contribution is 7.80. The van der Waals surface area contributed by atoms with E-state index in [4.69, 9.17) is 26.9 Å². The Kier molecular flexibility index (Phi) is 7.06. The molecule has 0 unspecified atom stereocenters. The van der Waals surface area contributed by atoms with Crippen molar-refractivity contribution in [3.05, 3.63) is 35.9 Å². The summed E-state index contributed by atoms with van der Waals surface area (Å²) in [5, 5.41) is 6.99. The number of piperidine rings is 1. The van der Waals surface area contributed by atoms with Crippen LogP contribution in [-0.4, -0.2) is 47.9 Å². The molecule has 1 aromatic carbocycles. The Morgan fingerprint density at radius 2 is 1.77 bits per heavy atom. The molecule has 7 nitrogen and oxygen atoms in total. The predicted octanol–water partition coefficient (Wildman–Crippen LogP) is 3.95. The van der Waals surface area contributed by atoms with Crippen molar-refractivity contribution >= 4 is 34.9 Å². The third kappa shape index (κ3) is 5.55. The molecule has 1 atom stereocenters. The van der Waals surface area contributed by atoms with E-state index < -0.39 is 0 Å². The third-order valence-electron chi connectivity index (χ3n) is 6.06. The highest BCUT2D eigenvalue weighted by Crippen LogP contribution is 2.28. The molecule has 166 valence electrons. The van der Waals surface area contributed by atoms with Crippen LogP contribution in [0.2, 0.25) is 0 Å². The summed E-state index contributed by atoms with van der Waals surface area (Å²) < 4.78 is 5.21. The second-order valence-electron chi connectivity index (χ2n) is 8.30. The van der Waals surface area contributed by atoms with E-state index in [1.807, 2.05) is 24.3 Å². The molecule has 2 fully saturated rings. The Hall–Kier alpha value is -2.61. The molecule has 2 aromatic rings. The van der Waals surface area contributed by atoms with E-state index in [2.05, 4.69) is 33.4 Å². The van der Waals surface area contributed by atoms with E-state index in [-0.39, 0.29) is 0 Å². The van der Waals surface area contributed by atoms with Crippen LogP contribution in [0.4, 0.5) is 17.6 Å². The van der Waals surface area contributed by atoms with E-state index in [0.29, 0.717) is 23.6 Å². The summed E-state index contributed by atoms with van der Waals surface area (Å²) in [6, 6.07) is 10.6. The van der Waals surface area contributed by atoms with Gasteiger partial charge >= 0.3 is 0 Å². The number of anilines is 3. The zero-order valence-electron chi connectivity index (χ0n) is 18.4. The highest BCUT2D eigenvalue weighted by Gasteiger charge is 2.23. The number of benzene rings is 1. The number of methoxy groups -OCH3 is 1. The van der Waals surface area contributed by atoms with Gasteiger partial charge in [0.2, 0.25) is 5.95 Å². The van der Waals surface area contributed by atoms with Crippen molar-refractivity contribution in [2.24, 2.45) is 0 Å². The molecule has 0 amide bonds. The van der Waals surface area contributed by atoms with Crippen LogP contribution in [0.5, 0.6) is 5.75 Å². The lowest BCUT2D eigenvalue weighted by molar-refractivity contribution is 0.414. The van der Waals surface area contributed by atoms with Crippen molar-refractivity contribution in [3.8, 4) is 5.75 Å². The van der Waals surface area contributed by atoms with E-state index in [1.165, 1.54) is 32.1 Å². The van der Waals surface area contributed by atoms with Gasteiger partial charge in [0.05, 0.1) is 7.11 Å². The molecule has 2 N–H and O–H groups in total. The smallest absolute Gasteiger partial charge is 0.232 e. The first-order valence-corrected chi connectivity index (χ1v) is 11.6. The lowest BCUT2D eigenvalue weighted by atomic mass is 10.0. The van der Waals surface area contributed by atoms with Crippen LogP contribution >= 0.6 is 12.2 Å². The van der Waals surface area contributed by atoms with Crippen molar-refractivity contribution in [2.75, 3.05) is 41.9 Å². The highest BCUT2D eigenvalue weighted by atomic mass is 32.1. The van der Waals surface area contributed by atoms with Gasteiger partial charge in [0.15, 0.2) is 5.11 Å². The molecule has 0 saturated carbocycles. The lowest BCUT2D eigenvalue weighted by Crippen LogP contribution is -2.38. The molecule has 0 spiro atoms. The van der Waals surface area contributed by atoms with Crippen LogP contribution in [0.1, 0.15) is 44.6 Å². The Morgan fingerprint density at radius 3 is 2.48 bits per heavy atom. The molecule has 0 bridgehead atoms. The second kappa shape index (κ2) is 10.1. The van der Waals surface area contributed by atoms with Gasteiger partial charge in [-0.15, -0.1) is 0 Å². The second-order valence-corrected chi connectivity index (χ2v) is 8.70. The normalized spacial score (nSPS) is 18.7. The number of ether oxygens (including phenoxy) is 1. The fourth-order valence-electron chi connectivity index (χ4n) is 4.24. The average molecular weight is 441 g/mol. The summed E-state index contributed by atoms with van der Waals surface area (Å²) in [6.45, 7) is 6.04. The van der Waals surface area contributed by atoms with Gasteiger partial charge in [0.25, 0.3) is 0 Å². The van der Waals surface area contributed by atoms with Crippen LogP contribution in [-0.2, 0) is 6.54 Å². The van der Waals surface area contributed by atoms with Gasteiger partial charge in [-0.3, -0.25) is 0 Å². The van der Waals surface area contributed by atoms with Gasteiger partial charge in [-0.1, -0.05) is 12.1 Å². The number of thiocarbonyl (C=S) groups is 1. The Labute approximate surface area is 190 Å². The lowest BCUT2D eigenvalue weighted by Gasteiger charge is -2.35. The summed E-state index contributed by atoms with van der Waals surface area (Å²) in [5.41, 5.74) is 1.12. The molecule has 1 aromatic heterocycles. The number of nitrogens with one attached hydrogen (secondary N) is 2. The zero-order valence-corrected chi connectivity index (χ0v) is 19.2. The van der Waals surface area contributed by atoms with E-state index in [9.17, 15) is 0 Å². The van der Waals surface area contributed by atoms with Gasteiger partial charge in [-0.2, -0.15) is 9.97 Å². The van der Waals surface area contributed by atoms with Gasteiger partial charge in [-0.05, 0) is 68.9 Å². The zero-order chi connectivity index (χ0) is 21.6. The summed E-state index contributed by atoms with van der Waals surface area (Å²) in [6.07, 6.45) is 6.12. The van der Waals surface area contributed by atoms with Crippen LogP contribution in [0.3, 0.4) is 0 Å². The minimum absolute atomic E-state index is 0.489. The number of hydrogen-bond acceptors (Lipinski definition) is 6. The SMILES string of the molecule is COc1ccc(CNC(=S)Nc2nc(N3CCCC3)cc(N3CCCC[C@H]3C)n2)cc1. The first-order chi connectivity index (χ1) is 15.1. The maximum atomic E-state index is 5.53. The Morgan fingerprint density at radius 1 is 1.06 bits per heavy atom. The van der Waals surface area contributed by atoms with Crippen LogP contribution in [0, 0.1) is 0 Å². The van der Waals surface area contributed by atoms with Crippen LogP contribution in [0.15, 0.2) is 30.3 Å². The Balaban J connectivity index is 1.47. The maximum absolute atomic E-state index is 5.53.